The summed E-state index contributed by atoms with van der Waals surface area (Å²) in [7, 11) is 0. The summed E-state index contributed by atoms with van der Waals surface area (Å²) in [6, 6.07) is 0. The second-order valence-electron chi connectivity index (χ2n) is 6.42. The smallest absolute Gasteiger partial charge is 0.222 e. The highest BCUT2D eigenvalue weighted by atomic mass is 16.7. The van der Waals surface area contributed by atoms with Crippen LogP contribution in [-0.4, -0.2) is 43.4 Å². The third kappa shape index (κ3) is 3.45. The van der Waals surface area contributed by atoms with Crippen LogP contribution >= 0.6 is 0 Å². The van der Waals surface area contributed by atoms with Crippen molar-refractivity contribution in [3.05, 3.63) is 0 Å². The maximum Gasteiger partial charge on any atom is 0.222 e. The molecular formula is C14H25NO3. The summed E-state index contributed by atoms with van der Waals surface area (Å²) in [6.45, 7) is 9.84. The Balaban J connectivity index is 1.78. The fourth-order valence-corrected chi connectivity index (χ4v) is 2.53. The minimum atomic E-state index is -0.111. The Morgan fingerprint density at radius 3 is 2.50 bits per heavy atom. The number of hydrogen-bond donors (Lipinski definition) is 0. The van der Waals surface area contributed by atoms with Crippen molar-refractivity contribution in [3.8, 4) is 0 Å². The first-order valence-corrected chi connectivity index (χ1v) is 6.98. The van der Waals surface area contributed by atoms with Crippen LogP contribution in [0.4, 0.5) is 0 Å². The van der Waals surface area contributed by atoms with Crippen molar-refractivity contribution in [2.24, 2.45) is 11.3 Å². The first-order chi connectivity index (χ1) is 8.47. The van der Waals surface area contributed by atoms with Gasteiger partial charge in [0.25, 0.3) is 0 Å². The van der Waals surface area contributed by atoms with Crippen LogP contribution in [0.3, 0.4) is 0 Å². The van der Waals surface area contributed by atoms with Crippen LogP contribution in [-0.2, 0) is 14.3 Å². The number of amides is 1. The van der Waals surface area contributed by atoms with Crippen molar-refractivity contribution in [1.29, 1.82) is 0 Å². The lowest BCUT2D eigenvalue weighted by Crippen LogP contribution is -2.33. The van der Waals surface area contributed by atoms with Gasteiger partial charge in [-0.25, -0.2) is 0 Å². The minimum Gasteiger partial charge on any atom is -0.353 e. The second-order valence-corrected chi connectivity index (χ2v) is 6.42. The lowest BCUT2D eigenvalue weighted by atomic mass is 9.80. The van der Waals surface area contributed by atoms with E-state index in [0.717, 1.165) is 39.1 Å². The molecule has 0 bridgehead atoms. The molecule has 2 saturated heterocycles. The van der Waals surface area contributed by atoms with Gasteiger partial charge in [-0.15, -0.1) is 0 Å². The molecule has 0 aromatic heterocycles. The van der Waals surface area contributed by atoms with Crippen LogP contribution in [0.2, 0.25) is 0 Å². The third-order valence-electron chi connectivity index (χ3n) is 3.97. The second kappa shape index (κ2) is 5.57. The molecule has 1 amide bonds. The molecule has 4 heteroatoms. The summed E-state index contributed by atoms with van der Waals surface area (Å²) in [5.74, 6) is 0.754. The molecule has 104 valence electrons. The molecule has 0 aliphatic carbocycles. The summed E-state index contributed by atoms with van der Waals surface area (Å²) in [5.41, 5.74) is 0.211. The predicted octanol–water partition coefficient (Wildman–Crippen LogP) is 2.03. The molecule has 4 nitrogen and oxygen atoms in total. The molecule has 2 aliphatic rings. The zero-order valence-electron chi connectivity index (χ0n) is 11.8. The molecule has 0 aromatic carbocycles. The molecule has 0 N–H and O–H groups in total. The monoisotopic (exact) mass is 255 g/mol. The van der Waals surface area contributed by atoms with E-state index in [4.69, 9.17) is 9.47 Å². The van der Waals surface area contributed by atoms with Gasteiger partial charge in [-0.05, 0) is 17.8 Å². The fourth-order valence-electron chi connectivity index (χ4n) is 2.53. The summed E-state index contributed by atoms with van der Waals surface area (Å²) in [4.78, 5) is 13.9. The van der Waals surface area contributed by atoms with Crippen LogP contribution in [0.15, 0.2) is 0 Å². The van der Waals surface area contributed by atoms with Gasteiger partial charge in [-0.1, -0.05) is 20.8 Å². The number of likely N-dealkylation sites (tertiary alicyclic amines) is 1. The lowest BCUT2D eigenvalue weighted by Gasteiger charge is -2.28. The van der Waals surface area contributed by atoms with Crippen molar-refractivity contribution in [2.45, 2.75) is 46.3 Å². The number of nitrogens with zero attached hydrogens (tertiary/aromatic N) is 1. The molecule has 2 rings (SSSR count). The Bertz CT molecular complexity index is 292. The van der Waals surface area contributed by atoms with Gasteiger partial charge in [0, 0.05) is 25.9 Å². The van der Waals surface area contributed by atoms with Gasteiger partial charge < -0.3 is 14.4 Å². The Kier molecular flexibility index (Phi) is 4.28. The number of rotatable bonds is 3. The molecule has 0 radical (unpaired) electrons. The van der Waals surface area contributed by atoms with Crippen LogP contribution in [0.5, 0.6) is 0 Å². The molecule has 1 atom stereocenters. The maximum atomic E-state index is 11.9. The van der Waals surface area contributed by atoms with Crippen molar-refractivity contribution in [3.63, 3.8) is 0 Å². The number of carbonyl (C=O) groups excluding carboxylic acids is 1. The van der Waals surface area contributed by atoms with Crippen molar-refractivity contribution in [2.75, 3.05) is 26.3 Å². The number of ether oxygens (including phenoxy) is 2. The van der Waals surface area contributed by atoms with Crippen LogP contribution in [0.1, 0.15) is 40.0 Å². The van der Waals surface area contributed by atoms with Crippen LogP contribution < -0.4 is 0 Å². The molecule has 0 aromatic rings. The topological polar surface area (TPSA) is 38.8 Å². The third-order valence-corrected chi connectivity index (χ3v) is 3.97. The Labute approximate surface area is 110 Å². The van der Waals surface area contributed by atoms with E-state index < -0.39 is 0 Å². The molecule has 0 saturated carbocycles. The summed E-state index contributed by atoms with van der Waals surface area (Å²) < 4.78 is 11.0. The van der Waals surface area contributed by atoms with E-state index in [2.05, 4.69) is 20.8 Å². The van der Waals surface area contributed by atoms with E-state index in [1.165, 1.54) is 0 Å². The predicted molar refractivity (Wildman–Crippen MR) is 69.1 cm³/mol. The zero-order chi connectivity index (χ0) is 13.2. The van der Waals surface area contributed by atoms with Crippen LogP contribution in [0.25, 0.3) is 0 Å². The van der Waals surface area contributed by atoms with Gasteiger partial charge in [-0.3, -0.25) is 4.79 Å². The van der Waals surface area contributed by atoms with E-state index in [1.807, 2.05) is 4.90 Å². The van der Waals surface area contributed by atoms with Gasteiger partial charge in [0.1, 0.15) is 0 Å². The highest BCUT2D eigenvalue weighted by molar-refractivity contribution is 5.78. The summed E-state index contributed by atoms with van der Waals surface area (Å²) in [5, 5.41) is 0. The molecule has 18 heavy (non-hydrogen) atoms. The summed E-state index contributed by atoms with van der Waals surface area (Å²) in [6.07, 6.45) is 2.35. The van der Waals surface area contributed by atoms with Crippen molar-refractivity contribution < 1.29 is 14.3 Å². The Hall–Kier alpha value is -0.610. The highest BCUT2D eigenvalue weighted by Gasteiger charge is 2.36. The molecule has 2 heterocycles. The average molecular weight is 255 g/mol. The fraction of sp³-hybridized carbons (Fsp3) is 0.929. The van der Waals surface area contributed by atoms with E-state index in [9.17, 15) is 4.79 Å². The van der Waals surface area contributed by atoms with E-state index in [0.29, 0.717) is 12.3 Å². The van der Waals surface area contributed by atoms with E-state index in [-0.39, 0.29) is 17.6 Å². The average Bonchev–Trinajstić information content (AvgIpc) is 2.69. The Morgan fingerprint density at radius 2 is 1.94 bits per heavy atom. The first kappa shape index (κ1) is 13.8. The molecule has 2 fully saturated rings. The molecule has 1 unspecified atom stereocenters. The largest absolute Gasteiger partial charge is 0.353 e. The lowest BCUT2D eigenvalue weighted by molar-refractivity contribution is -0.182. The van der Waals surface area contributed by atoms with Crippen molar-refractivity contribution in [1.82, 2.24) is 4.90 Å². The van der Waals surface area contributed by atoms with Gasteiger partial charge in [0.05, 0.1) is 13.2 Å². The van der Waals surface area contributed by atoms with E-state index >= 15 is 0 Å². The van der Waals surface area contributed by atoms with Gasteiger partial charge in [0.2, 0.25) is 5.91 Å². The van der Waals surface area contributed by atoms with Gasteiger partial charge in [-0.2, -0.15) is 0 Å². The molecule has 0 spiro atoms. The first-order valence-electron chi connectivity index (χ1n) is 6.98. The number of hydrogen-bond acceptors (Lipinski definition) is 3. The zero-order valence-corrected chi connectivity index (χ0v) is 11.8. The standard InChI is InChI=1S/C14H25NO3/c1-14(2,3)11-9-12(16)15(10-11)6-5-13-17-7-4-8-18-13/h11,13H,4-10H2,1-3H3. The van der Waals surface area contributed by atoms with Gasteiger partial charge >= 0.3 is 0 Å². The number of carbonyl (C=O) groups is 1. The van der Waals surface area contributed by atoms with Crippen LogP contribution in [0, 0.1) is 11.3 Å². The summed E-state index contributed by atoms with van der Waals surface area (Å²) >= 11 is 0. The van der Waals surface area contributed by atoms with Gasteiger partial charge in [0.15, 0.2) is 6.29 Å². The molecular weight excluding hydrogens is 230 g/mol. The molecule has 2 aliphatic heterocycles. The quantitative estimate of drug-likeness (QED) is 0.774. The minimum absolute atomic E-state index is 0.111. The highest BCUT2D eigenvalue weighted by Crippen LogP contribution is 2.34. The maximum absolute atomic E-state index is 11.9. The Morgan fingerprint density at radius 1 is 1.28 bits per heavy atom. The van der Waals surface area contributed by atoms with E-state index in [1.54, 1.807) is 0 Å². The normalized spacial score (nSPS) is 26.9. The van der Waals surface area contributed by atoms with Crippen molar-refractivity contribution >= 4 is 5.91 Å². The SMILES string of the molecule is CC(C)(C)C1CC(=O)N(CCC2OCCCO2)C1.